The number of aromatic hydroxyl groups is 1. The molecule has 0 aliphatic rings. The van der Waals surface area contributed by atoms with Gasteiger partial charge in [-0.3, -0.25) is 0 Å². The van der Waals surface area contributed by atoms with Gasteiger partial charge >= 0.3 is 0 Å². The van der Waals surface area contributed by atoms with E-state index in [-0.39, 0.29) is 11.7 Å². The molecular formula is C21H24N4O. The van der Waals surface area contributed by atoms with Gasteiger partial charge in [-0.05, 0) is 43.6 Å². The number of H-pyrrole nitrogens is 1. The Morgan fingerprint density at radius 2 is 2.19 bits per heavy atom. The Bertz CT molecular complexity index is 879. The van der Waals surface area contributed by atoms with E-state index >= 15 is 0 Å². The second kappa shape index (κ2) is 8.82. The molecule has 2 aromatic rings. The molecule has 1 atom stereocenters. The number of benzene rings is 1. The summed E-state index contributed by atoms with van der Waals surface area (Å²) in [5, 5.41) is 18.7. The van der Waals surface area contributed by atoms with Crippen molar-refractivity contribution in [1.29, 1.82) is 0 Å². The van der Waals surface area contributed by atoms with E-state index in [9.17, 15) is 5.11 Å². The van der Waals surface area contributed by atoms with Crippen LogP contribution in [0.15, 0.2) is 58.2 Å². The van der Waals surface area contributed by atoms with Gasteiger partial charge in [0.2, 0.25) is 0 Å². The van der Waals surface area contributed by atoms with Crippen molar-refractivity contribution in [3.05, 3.63) is 53.5 Å². The molecule has 0 saturated heterocycles. The van der Waals surface area contributed by atoms with Gasteiger partial charge in [-0.25, -0.2) is 4.98 Å². The number of terminal acetylenes is 1. The Labute approximate surface area is 154 Å². The monoisotopic (exact) mass is 348 g/mol. The largest absolute Gasteiger partial charge is 0.507 e. The van der Waals surface area contributed by atoms with Crippen LogP contribution in [-0.4, -0.2) is 22.1 Å². The molecule has 0 spiro atoms. The number of nitrogens with one attached hydrogen (secondary N) is 1. The summed E-state index contributed by atoms with van der Waals surface area (Å²) in [5.41, 5.74) is 4.11. The molecule has 1 aromatic carbocycles. The van der Waals surface area contributed by atoms with Gasteiger partial charge in [-0.15, -0.1) is 6.42 Å². The molecule has 1 heterocycles. The summed E-state index contributed by atoms with van der Waals surface area (Å²) in [4.78, 5) is 7.25. The number of nitrogens with zero attached hydrogens (tertiary/aromatic N) is 3. The van der Waals surface area contributed by atoms with Crippen molar-refractivity contribution in [3.63, 3.8) is 0 Å². The van der Waals surface area contributed by atoms with Crippen molar-refractivity contribution in [2.75, 3.05) is 7.05 Å². The lowest BCUT2D eigenvalue weighted by Crippen LogP contribution is -2.01. The molecule has 0 radical (unpaired) electrons. The second-order valence-corrected chi connectivity index (χ2v) is 6.08. The van der Waals surface area contributed by atoms with Crippen molar-refractivity contribution < 1.29 is 5.11 Å². The standard InChI is InChI=1S/C21H24N4O/c1-6-15(7-2)18(13-19(14(3)4)25-22-5)17-9-8-16(12-20(17)26)21-23-10-11-24-21/h1,8-13,15,26H,7H2,2-5H3,(H,23,24)/b18-13+,25-22?. The molecule has 134 valence electrons. The highest BCUT2D eigenvalue weighted by atomic mass is 16.3. The van der Waals surface area contributed by atoms with Gasteiger partial charge in [-0.1, -0.05) is 25.0 Å². The smallest absolute Gasteiger partial charge is 0.137 e. The van der Waals surface area contributed by atoms with Crippen LogP contribution in [-0.2, 0) is 0 Å². The first kappa shape index (κ1) is 19.2. The Morgan fingerprint density at radius 1 is 1.42 bits per heavy atom. The Balaban J connectivity index is 2.60. The minimum absolute atomic E-state index is 0.142. The van der Waals surface area contributed by atoms with Crippen LogP contribution in [0, 0.1) is 18.3 Å². The summed E-state index contributed by atoms with van der Waals surface area (Å²) in [6.45, 7) is 5.96. The SMILES string of the molecule is C#CC(CC)/C(=C\C(N=NC)=C(C)C)c1ccc(-c2ncc[nH]2)cc1O. The van der Waals surface area contributed by atoms with Gasteiger partial charge in [0.15, 0.2) is 0 Å². The van der Waals surface area contributed by atoms with Crippen LogP contribution in [0.4, 0.5) is 0 Å². The maximum atomic E-state index is 10.7. The maximum absolute atomic E-state index is 10.7. The van der Waals surface area contributed by atoms with Crippen LogP contribution >= 0.6 is 0 Å². The highest BCUT2D eigenvalue weighted by molar-refractivity contribution is 5.78. The van der Waals surface area contributed by atoms with Crippen molar-refractivity contribution in [2.24, 2.45) is 16.1 Å². The minimum Gasteiger partial charge on any atom is -0.507 e. The summed E-state index contributed by atoms with van der Waals surface area (Å²) in [6.07, 6.45) is 11.8. The lowest BCUT2D eigenvalue weighted by molar-refractivity contribution is 0.473. The molecule has 1 aromatic heterocycles. The molecule has 0 aliphatic carbocycles. The molecule has 0 saturated carbocycles. The molecule has 1 unspecified atom stereocenters. The summed E-state index contributed by atoms with van der Waals surface area (Å²) in [6, 6.07) is 5.47. The van der Waals surface area contributed by atoms with Gasteiger partial charge in [0.1, 0.15) is 11.6 Å². The van der Waals surface area contributed by atoms with Gasteiger partial charge in [0, 0.05) is 36.5 Å². The molecule has 26 heavy (non-hydrogen) atoms. The number of allylic oxidation sites excluding steroid dienone is 3. The molecule has 5 heteroatoms. The first-order chi connectivity index (χ1) is 12.5. The van der Waals surface area contributed by atoms with E-state index in [1.165, 1.54) is 0 Å². The summed E-state index contributed by atoms with van der Waals surface area (Å²) in [7, 11) is 1.63. The topological polar surface area (TPSA) is 73.6 Å². The van der Waals surface area contributed by atoms with Gasteiger partial charge in [-0.2, -0.15) is 10.2 Å². The van der Waals surface area contributed by atoms with E-state index in [0.717, 1.165) is 28.8 Å². The third-order valence-corrected chi connectivity index (χ3v) is 4.08. The quantitative estimate of drug-likeness (QED) is 0.428. The molecule has 5 nitrogen and oxygen atoms in total. The Morgan fingerprint density at radius 3 is 2.69 bits per heavy atom. The molecule has 0 fully saturated rings. The average molecular weight is 348 g/mol. The highest BCUT2D eigenvalue weighted by Crippen LogP contribution is 2.35. The van der Waals surface area contributed by atoms with Crippen molar-refractivity contribution in [2.45, 2.75) is 27.2 Å². The second-order valence-electron chi connectivity index (χ2n) is 6.08. The lowest BCUT2D eigenvalue weighted by Gasteiger charge is -2.16. The van der Waals surface area contributed by atoms with Crippen LogP contribution in [0.25, 0.3) is 17.0 Å². The van der Waals surface area contributed by atoms with Gasteiger partial charge in [0.25, 0.3) is 0 Å². The van der Waals surface area contributed by atoms with E-state index < -0.39 is 0 Å². The van der Waals surface area contributed by atoms with E-state index in [2.05, 4.69) is 26.1 Å². The zero-order chi connectivity index (χ0) is 19.1. The molecule has 0 bridgehead atoms. The Hall–Kier alpha value is -3.13. The Kier molecular flexibility index (Phi) is 6.51. The predicted molar refractivity (Wildman–Crippen MR) is 105 cm³/mol. The third-order valence-electron chi connectivity index (χ3n) is 4.08. The van der Waals surface area contributed by atoms with Crippen LogP contribution < -0.4 is 0 Å². The molecule has 2 rings (SSSR count). The fourth-order valence-electron chi connectivity index (χ4n) is 2.67. The number of aromatic nitrogens is 2. The number of imidazole rings is 1. The number of azo groups is 1. The van der Waals surface area contributed by atoms with E-state index in [1.807, 2.05) is 39.0 Å². The fourth-order valence-corrected chi connectivity index (χ4v) is 2.67. The summed E-state index contributed by atoms with van der Waals surface area (Å²) < 4.78 is 0. The lowest BCUT2D eigenvalue weighted by atomic mass is 9.88. The van der Waals surface area contributed by atoms with Crippen LogP contribution in [0.1, 0.15) is 32.8 Å². The number of phenols is 1. The van der Waals surface area contributed by atoms with Crippen molar-refractivity contribution in [1.82, 2.24) is 9.97 Å². The zero-order valence-electron chi connectivity index (χ0n) is 15.6. The van der Waals surface area contributed by atoms with E-state index in [4.69, 9.17) is 6.42 Å². The van der Waals surface area contributed by atoms with Crippen molar-refractivity contribution >= 4 is 5.57 Å². The maximum Gasteiger partial charge on any atom is 0.137 e. The molecule has 0 amide bonds. The minimum atomic E-state index is -0.142. The number of aromatic amines is 1. The third kappa shape index (κ3) is 4.28. The molecular weight excluding hydrogens is 324 g/mol. The van der Waals surface area contributed by atoms with E-state index in [1.54, 1.807) is 25.5 Å². The predicted octanol–water partition coefficient (Wildman–Crippen LogP) is 5.20. The molecule has 2 N–H and O–H groups in total. The van der Waals surface area contributed by atoms with Gasteiger partial charge < -0.3 is 10.1 Å². The number of hydrogen-bond acceptors (Lipinski definition) is 4. The van der Waals surface area contributed by atoms with Crippen molar-refractivity contribution in [3.8, 4) is 29.5 Å². The fraction of sp³-hybridized carbons (Fsp3) is 0.286. The normalized spacial score (nSPS) is 12.8. The number of phenolic OH excluding ortho intramolecular Hbond substituents is 1. The first-order valence-corrected chi connectivity index (χ1v) is 8.50. The summed E-state index contributed by atoms with van der Waals surface area (Å²) >= 11 is 0. The number of hydrogen-bond donors (Lipinski definition) is 2. The average Bonchev–Trinajstić information content (AvgIpc) is 3.15. The van der Waals surface area contributed by atoms with Crippen LogP contribution in [0.5, 0.6) is 5.75 Å². The molecule has 0 aliphatic heterocycles. The van der Waals surface area contributed by atoms with E-state index in [0.29, 0.717) is 11.4 Å². The van der Waals surface area contributed by atoms with Gasteiger partial charge in [0.05, 0.1) is 5.70 Å². The zero-order valence-corrected chi connectivity index (χ0v) is 15.6. The van der Waals surface area contributed by atoms with Crippen LogP contribution in [0.2, 0.25) is 0 Å². The summed E-state index contributed by atoms with van der Waals surface area (Å²) in [5.74, 6) is 3.52. The highest BCUT2D eigenvalue weighted by Gasteiger charge is 2.17. The first-order valence-electron chi connectivity index (χ1n) is 8.50. The number of rotatable bonds is 6. The van der Waals surface area contributed by atoms with Crippen LogP contribution in [0.3, 0.4) is 0 Å².